The zero-order chi connectivity index (χ0) is 15.5. The Morgan fingerprint density at radius 2 is 2.05 bits per heavy atom. The number of benzene rings is 1. The second kappa shape index (κ2) is 5.94. The number of halogens is 3. The molecule has 2 aromatic rings. The standard InChI is InChI=1S/C13H12F3N3O2/c1-9-4-2-3-5-11(9)21-7-6-19-8-10(17-18-19)12(20)13(14,15)16/h2-5,8H,6-7H2,1H3. The summed E-state index contributed by atoms with van der Waals surface area (Å²) in [5, 5.41) is 6.68. The molecule has 0 N–H and O–H groups in total. The van der Waals surface area contributed by atoms with Crippen molar-refractivity contribution in [1.29, 1.82) is 0 Å². The van der Waals surface area contributed by atoms with Crippen molar-refractivity contribution in [3.05, 3.63) is 41.7 Å². The fourth-order valence-electron chi connectivity index (χ4n) is 1.62. The van der Waals surface area contributed by atoms with E-state index >= 15 is 0 Å². The number of nitrogens with zero attached hydrogens (tertiary/aromatic N) is 3. The SMILES string of the molecule is Cc1ccccc1OCCn1cc(C(=O)C(F)(F)F)nn1. The first-order valence-corrected chi connectivity index (χ1v) is 6.08. The maximum absolute atomic E-state index is 12.2. The van der Waals surface area contributed by atoms with E-state index in [9.17, 15) is 18.0 Å². The highest BCUT2D eigenvalue weighted by molar-refractivity contribution is 5.98. The van der Waals surface area contributed by atoms with Crippen LogP contribution in [0.1, 0.15) is 16.1 Å². The third-order valence-electron chi connectivity index (χ3n) is 2.70. The van der Waals surface area contributed by atoms with Gasteiger partial charge in [0.25, 0.3) is 5.78 Å². The first kappa shape index (κ1) is 15.0. The van der Waals surface area contributed by atoms with Crippen LogP contribution in [-0.4, -0.2) is 33.6 Å². The molecule has 2 rings (SSSR count). The molecule has 1 aromatic carbocycles. The maximum atomic E-state index is 12.2. The summed E-state index contributed by atoms with van der Waals surface area (Å²) in [5.74, 6) is -1.32. The van der Waals surface area contributed by atoms with E-state index in [-0.39, 0.29) is 13.2 Å². The number of hydrogen-bond acceptors (Lipinski definition) is 4. The van der Waals surface area contributed by atoms with Crippen LogP contribution in [0.25, 0.3) is 0 Å². The number of Topliss-reactive ketones (excluding diaryl/α,β-unsaturated/α-hetero) is 1. The number of aryl methyl sites for hydroxylation is 1. The zero-order valence-electron chi connectivity index (χ0n) is 11.1. The number of carbonyl (C=O) groups excluding carboxylic acids is 1. The summed E-state index contributed by atoms with van der Waals surface area (Å²) < 4.78 is 43.3. The van der Waals surface area contributed by atoms with Gasteiger partial charge in [0.05, 0.1) is 12.7 Å². The van der Waals surface area contributed by atoms with Gasteiger partial charge in [0.1, 0.15) is 12.4 Å². The molecular formula is C13H12F3N3O2. The van der Waals surface area contributed by atoms with Gasteiger partial charge < -0.3 is 4.74 Å². The van der Waals surface area contributed by atoms with Gasteiger partial charge in [0.2, 0.25) is 0 Å². The lowest BCUT2D eigenvalue weighted by atomic mass is 10.2. The number of rotatable bonds is 5. The average Bonchev–Trinajstić information content (AvgIpc) is 2.87. The van der Waals surface area contributed by atoms with Crippen LogP contribution in [0.5, 0.6) is 5.75 Å². The Kier molecular flexibility index (Phi) is 4.25. The number of carbonyl (C=O) groups is 1. The first-order chi connectivity index (χ1) is 9.88. The minimum atomic E-state index is -4.95. The quantitative estimate of drug-likeness (QED) is 0.796. The third-order valence-corrected chi connectivity index (χ3v) is 2.70. The zero-order valence-corrected chi connectivity index (χ0v) is 11.1. The Bertz CT molecular complexity index is 638. The third kappa shape index (κ3) is 3.80. The molecule has 5 nitrogen and oxygen atoms in total. The van der Waals surface area contributed by atoms with Crippen LogP contribution >= 0.6 is 0 Å². The molecule has 0 radical (unpaired) electrons. The van der Waals surface area contributed by atoms with Crippen LogP contribution in [0.2, 0.25) is 0 Å². The van der Waals surface area contributed by atoms with Crippen LogP contribution < -0.4 is 4.74 Å². The summed E-state index contributed by atoms with van der Waals surface area (Å²) >= 11 is 0. The first-order valence-electron chi connectivity index (χ1n) is 6.08. The van der Waals surface area contributed by atoms with Gasteiger partial charge in [0.15, 0.2) is 5.69 Å². The number of ether oxygens (including phenoxy) is 1. The second-order valence-corrected chi connectivity index (χ2v) is 4.31. The smallest absolute Gasteiger partial charge is 0.456 e. The molecule has 21 heavy (non-hydrogen) atoms. The summed E-state index contributed by atoms with van der Waals surface area (Å²) in [4.78, 5) is 10.9. The molecule has 8 heteroatoms. The van der Waals surface area contributed by atoms with Gasteiger partial charge >= 0.3 is 6.18 Å². The highest BCUT2D eigenvalue weighted by Gasteiger charge is 2.41. The Balaban J connectivity index is 1.92. The van der Waals surface area contributed by atoms with E-state index in [1.807, 2.05) is 25.1 Å². The van der Waals surface area contributed by atoms with E-state index in [2.05, 4.69) is 10.3 Å². The molecule has 0 aliphatic heterocycles. The Labute approximate surface area is 118 Å². The van der Waals surface area contributed by atoms with Crippen molar-refractivity contribution in [3.8, 4) is 5.75 Å². The minimum absolute atomic E-state index is 0.187. The summed E-state index contributed by atoms with van der Waals surface area (Å²) in [6.07, 6.45) is -3.99. The van der Waals surface area contributed by atoms with E-state index in [0.29, 0.717) is 5.75 Å². The van der Waals surface area contributed by atoms with E-state index in [0.717, 1.165) is 16.4 Å². The highest BCUT2D eigenvalue weighted by atomic mass is 19.4. The van der Waals surface area contributed by atoms with Crippen LogP contribution in [0.3, 0.4) is 0 Å². The van der Waals surface area contributed by atoms with Gasteiger partial charge in [-0.15, -0.1) is 5.10 Å². The van der Waals surface area contributed by atoms with Crippen LogP contribution in [0.4, 0.5) is 13.2 Å². The molecular weight excluding hydrogens is 287 g/mol. The van der Waals surface area contributed by atoms with Gasteiger partial charge in [-0.2, -0.15) is 13.2 Å². The largest absolute Gasteiger partial charge is 0.491 e. The molecule has 0 unspecified atom stereocenters. The Morgan fingerprint density at radius 3 is 2.71 bits per heavy atom. The van der Waals surface area contributed by atoms with E-state index in [1.165, 1.54) is 0 Å². The molecule has 0 fully saturated rings. The lowest BCUT2D eigenvalue weighted by Crippen LogP contribution is -2.23. The van der Waals surface area contributed by atoms with Gasteiger partial charge in [-0.25, -0.2) is 4.68 Å². The van der Waals surface area contributed by atoms with E-state index in [1.54, 1.807) is 6.07 Å². The molecule has 0 bridgehead atoms. The van der Waals surface area contributed by atoms with Gasteiger partial charge in [-0.05, 0) is 18.6 Å². The molecule has 0 saturated heterocycles. The maximum Gasteiger partial charge on any atom is 0.456 e. The summed E-state index contributed by atoms with van der Waals surface area (Å²) in [6.45, 7) is 2.27. The topological polar surface area (TPSA) is 57.0 Å². The highest BCUT2D eigenvalue weighted by Crippen LogP contribution is 2.20. The molecule has 0 spiro atoms. The molecule has 112 valence electrons. The molecule has 1 aromatic heterocycles. The van der Waals surface area contributed by atoms with Crippen molar-refractivity contribution < 1.29 is 22.7 Å². The van der Waals surface area contributed by atoms with Crippen molar-refractivity contribution in [2.45, 2.75) is 19.6 Å². The lowest BCUT2D eigenvalue weighted by molar-refractivity contribution is -0.0888. The Morgan fingerprint density at radius 1 is 1.33 bits per heavy atom. The van der Waals surface area contributed by atoms with Gasteiger partial charge in [-0.3, -0.25) is 4.79 Å². The van der Waals surface area contributed by atoms with Gasteiger partial charge in [-0.1, -0.05) is 23.4 Å². The van der Waals surface area contributed by atoms with E-state index < -0.39 is 17.7 Å². The normalized spacial score (nSPS) is 11.4. The number of hydrogen-bond donors (Lipinski definition) is 0. The van der Waals surface area contributed by atoms with E-state index in [4.69, 9.17) is 4.74 Å². The van der Waals surface area contributed by atoms with Crippen LogP contribution in [0, 0.1) is 6.92 Å². The molecule has 0 saturated carbocycles. The second-order valence-electron chi connectivity index (χ2n) is 4.31. The fourth-order valence-corrected chi connectivity index (χ4v) is 1.62. The summed E-state index contributed by atoms with van der Waals surface area (Å²) in [5.41, 5.74) is 0.224. The number of ketones is 1. The van der Waals surface area contributed by atoms with Crippen molar-refractivity contribution in [2.24, 2.45) is 0 Å². The monoisotopic (exact) mass is 299 g/mol. The molecule has 0 aliphatic carbocycles. The predicted octanol–water partition coefficient (Wildman–Crippen LogP) is 2.41. The molecule has 0 aliphatic rings. The van der Waals surface area contributed by atoms with Crippen LogP contribution in [0.15, 0.2) is 30.5 Å². The molecule has 0 amide bonds. The molecule has 1 heterocycles. The average molecular weight is 299 g/mol. The Hall–Kier alpha value is -2.38. The van der Waals surface area contributed by atoms with Crippen molar-refractivity contribution in [2.75, 3.05) is 6.61 Å². The fraction of sp³-hybridized carbons (Fsp3) is 0.308. The van der Waals surface area contributed by atoms with Crippen molar-refractivity contribution in [3.63, 3.8) is 0 Å². The van der Waals surface area contributed by atoms with Crippen molar-refractivity contribution >= 4 is 5.78 Å². The predicted molar refractivity (Wildman–Crippen MR) is 67.1 cm³/mol. The number of aromatic nitrogens is 3. The lowest BCUT2D eigenvalue weighted by Gasteiger charge is -2.08. The summed E-state index contributed by atoms with van der Waals surface area (Å²) in [6, 6.07) is 7.35. The van der Waals surface area contributed by atoms with Gasteiger partial charge in [0, 0.05) is 0 Å². The number of para-hydroxylation sites is 1. The van der Waals surface area contributed by atoms with Crippen molar-refractivity contribution in [1.82, 2.24) is 15.0 Å². The number of alkyl halides is 3. The molecule has 0 atom stereocenters. The summed E-state index contributed by atoms with van der Waals surface area (Å²) in [7, 11) is 0. The minimum Gasteiger partial charge on any atom is -0.491 e. The van der Waals surface area contributed by atoms with Crippen LogP contribution in [-0.2, 0) is 6.54 Å².